The van der Waals surface area contributed by atoms with Crippen LogP contribution in [0.5, 0.6) is 0 Å². The lowest BCUT2D eigenvalue weighted by Crippen LogP contribution is -2.40. The highest BCUT2D eigenvalue weighted by Gasteiger charge is 2.26. The first-order valence-corrected chi connectivity index (χ1v) is 11.3. The molecule has 1 aliphatic rings. The molecule has 28 heavy (non-hydrogen) atoms. The third kappa shape index (κ3) is 5.11. The van der Waals surface area contributed by atoms with E-state index in [1.165, 1.54) is 28.3 Å². The van der Waals surface area contributed by atoms with Gasteiger partial charge in [0.05, 0.1) is 23.5 Å². The molecule has 1 atom stereocenters. The Morgan fingerprint density at radius 3 is 2.46 bits per heavy atom. The van der Waals surface area contributed by atoms with Gasteiger partial charge in [-0.1, -0.05) is 29.5 Å². The highest BCUT2D eigenvalue weighted by Crippen LogP contribution is 2.24. The molecule has 0 radical (unpaired) electrons. The summed E-state index contributed by atoms with van der Waals surface area (Å²) in [5.41, 5.74) is 1.86. The zero-order valence-corrected chi connectivity index (χ0v) is 17.4. The van der Waals surface area contributed by atoms with Crippen molar-refractivity contribution < 1.29 is 17.9 Å². The molecule has 150 valence electrons. The fraction of sp³-hybridized carbons (Fsp3) is 0.368. The van der Waals surface area contributed by atoms with Crippen molar-refractivity contribution in [2.75, 3.05) is 31.6 Å². The van der Waals surface area contributed by atoms with E-state index < -0.39 is 10.0 Å². The molecular formula is C19H23N3O4S2. The Morgan fingerprint density at radius 1 is 1.18 bits per heavy atom. The Hall–Kier alpha value is -1.94. The van der Waals surface area contributed by atoms with Crippen LogP contribution in [0, 0.1) is 6.92 Å². The van der Waals surface area contributed by atoms with E-state index in [1.807, 2.05) is 31.2 Å². The van der Waals surface area contributed by atoms with E-state index in [-0.39, 0.29) is 16.1 Å². The van der Waals surface area contributed by atoms with Gasteiger partial charge in [0.25, 0.3) is 0 Å². The number of amides is 1. The van der Waals surface area contributed by atoms with E-state index in [9.17, 15) is 13.2 Å². The predicted octanol–water partition coefficient (Wildman–Crippen LogP) is 2.53. The van der Waals surface area contributed by atoms with Gasteiger partial charge in [-0.25, -0.2) is 13.4 Å². The topological polar surface area (TPSA) is 88.6 Å². The molecule has 0 saturated carbocycles. The summed E-state index contributed by atoms with van der Waals surface area (Å²) in [5.74, 6) is -0.138. The largest absolute Gasteiger partial charge is 0.379 e. The fourth-order valence-corrected chi connectivity index (χ4v) is 4.78. The highest BCUT2D eigenvalue weighted by molar-refractivity contribution is 8.00. The van der Waals surface area contributed by atoms with E-state index >= 15 is 0 Å². The number of pyridine rings is 1. The summed E-state index contributed by atoms with van der Waals surface area (Å²) >= 11 is 1.28. The van der Waals surface area contributed by atoms with Gasteiger partial charge < -0.3 is 10.1 Å². The van der Waals surface area contributed by atoms with Crippen LogP contribution in [0.3, 0.4) is 0 Å². The summed E-state index contributed by atoms with van der Waals surface area (Å²) in [4.78, 5) is 16.7. The van der Waals surface area contributed by atoms with Gasteiger partial charge in [-0.2, -0.15) is 4.31 Å². The number of benzene rings is 1. The number of carbonyl (C=O) groups is 1. The van der Waals surface area contributed by atoms with Crippen LogP contribution in [-0.4, -0.2) is 55.2 Å². The Labute approximate surface area is 169 Å². The van der Waals surface area contributed by atoms with E-state index in [0.29, 0.717) is 31.3 Å². The average molecular weight is 422 g/mol. The molecule has 1 aromatic heterocycles. The molecule has 1 amide bonds. The van der Waals surface area contributed by atoms with Crippen LogP contribution >= 0.6 is 11.8 Å². The van der Waals surface area contributed by atoms with Gasteiger partial charge in [0, 0.05) is 25.0 Å². The molecule has 1 aromatic carbocycles. The van der Waals surface area contributed by atoms with Crippen molar-refractivity contribution in [2.24, 2.45) is 0 Å². The van der Waals surface area contributed by atoms with Crippen LogP contribution in [0.1, 0.15) is 12.5 Å². The lowest BCUT2D eigenvalue weighted by molar-refractivity contribution is -0.115. The van der Waals surface area contributed by atoms with Crippen molar-refractivity contribution in [1.29, 1.82) is 0 Å². The zero-order valence-electron chi connectivity index (χ0n) is 15.8. The minimum Gasteiger partial charge on any atom is -0.379 e. The monoisotopic (exact) mass is 421 g/mol. The first-order chi connectivity index (χ1) is 13.4. The number of sulfonamides is 1. The van der Waals surface area contributed by atoms with Crippen molar-refractivity contribution in [1.82, 2.24) is 9.29 Å². The molecule has 7 nitrogen and oxygen atoms in total. The third-order valence-electron chi connectivity index (χ3n) is 4.30. The molecule has 0 unspecified atom stereocenters. The van der Waals surface area contributed by atoms with Crippen LogP contribution < -0.4 is 5.32 Å². The molecule has 1 N–H and O–H groups in total. The van der Waals surface area contributed by atoms with Crippen LogP contribution in [0.15, 0.2) is 52.5 Å². The van der Waals surface area contributed by atoms with Crippen molar-refractivity contribution in [3.8, 4) is 0 Å². The van der Waals surface area contributed by atoms with E-state index in [2.05, 4.69) is 10.3 Å². The number of aryl methyl sites for hydroxylation is 1. The third-order valence-corrected chi connectivity index (χ3v) is 7.24. The average Bonchev–Trinajstić information content (AvgIpc) is 2.70. The predicted molar refractivity (Wildman–Crippen MR) is 109 cm³/mol. The van der Waals surface area contributed by atoms with Gasteiger partial charge in [0.1, 0.15) is 4.90 Å². The normalized spacial score (nSPS) is 16.5. The minimum atomic E-state index is -3.57. The van der Waals surface area contributed by atoms with Crippen LogP contribution in [0.4, 0.5) is 5.69 Å². The summed E-state index contributed by atoms with van der Waals surface area (Å²) in [6.07, 6.45) is 1.34. The number of nitrogens with zero attached hydrogens (tertiary/aromatic N) is 2. The maximum absolute atomic E-state index is 12.6. The smallest absolute Gasteiger partial charge is 0.244 e. The number of hydrogen-bond donors (Lipinski definition) is 1. The Bertz CT molecular complexity index is 909. The summed E-state index contributed by atoms with van der Waals surface area (Å²) in [6, 6.07) is 10.7. The zero-order chi connectivity index (χ0) is 20.1. The van der Waals surface area contributed by atoms with Crippen LogP contribution in [-0.2, 0) is 19.6 Å². The lowest BCUT2D eigenvalue weighted by atomic mass is 10.2. The first kappa shape index (κ1) is 20.8. The summed E-state index contributed by atoms with van der Waals surface area (Å²) in [7, 11) is -3.57. The SMILES string of the molecule is Cc1ccc(NC(=O)[C@@H](C)Sc2ccc(S(=O)(=O)N3CCOCC3)cn2)cc1. The number of aromatic nitrogens is 1. The highest BCUT2D eigenvalue weighted by atomic mass is 32.2. The van der Waals surface area contributed by atoms with Crippen molar-refractivity contribution in [2.45, 2.75) is 29.0 Å². The number of anilines is 1. The van der Waals surface area contributed by atoms with Gasteiger partial charge in [-0.3, -0.25) is 4.79 Å². The Morgan fingerprint density at radius 2 is 1.86 bits per heavy atom. The van der Waals surface area contributed by atoms with Crippen LogP contribution in [0.2, 0.25) is 0 Å². The van der Waals surface area contributed by atoms with E-state index in [1.54, 1.807) is 13.0 Å². The van der Waals surface area contributed by atoms with E-state index in [4.69, 9.17) is 4.74 Å². The Kier molecular flexibility index (Phi) is 6.71. The standard InChI is InChI=1S/C19H23N3O4S2/c1-14-3-5-16(6-4-14)21-19(23)15(2)27-18-8-7-17(13-20-18)28(24,25)22-9-11-26-12-10-22/h3-8,13,15H,9-12H2,1-2H3,(H,21,23)/t15-/m1/s1. The van der Waals surface area contributed by atoms with Gasteiger partial charge in [0.15, 0.2) is 0 Å². The van der Waals surface area contributed by atoms with Crippen molar-refractivity contribution >= 4 is 33.4 Å². The molecule has 0 aliphatic carbocycles. The maximum atomic E-state index is 12.6. The molecule has 2 heterocycles. The molecule has 0 bridgehead atoms. The number of carbonyl (C=O) groups excluding carboxylic acids is 1. The first-order valence-electron chi connectivity index (χ1n) is 8.94. The molecular weight excluding hydrogens is 398 g/mol. The molecule has 1 fully saturated rings. The number of ether oxygens (including phenoxy) is 1. The summed E-state index contributed by atoms with van der Waals surface area (Å²) in [6.45, 7) is 5.25. The second-order valence-electron chi connectivity index (χ2n) is 6.46. The number of hydrogen-bond acceptors (Lipinski definition) is 6. The van der Waals surface area contributed by atoms with E-state index in [0.717, 1.165) is 11.3 Å². The van der Waals surface area contributed by atoms with Crippen LogP contribution in [0.25, 0.3) is 0 Å². The molecule has 9 heteroatoms. The summed E-state index contributed by atoms with van der Waals surface area (Å²) in [5, 5.41) is 3.08. The Balaban J connectivity index is 1.61. The fourth-order valence-electron chi connectivity index (χ4n) is 2.64. The number of thioether (sulfide) groups is 1. The van der Waals surface area contributed by atoms with Gasteiger partial charge >= 0.3 is 0 Å². The number of morpholine rings is 1. The quantitative estimate of drug-likeness (QED) is 0.721. The molecule has 3 rings (SSSR count). The second kappa shape index (κ2) is 9.04. The van der Waals surface area contributed by atoms with Gasteiger partial charge in [-0.05, 0) is 38.1 Å². The van der Waals surface area contributed by atoms with Gasteiger partial charge in [-0.15, -0.1) is 0 Å². The number of rotatable bonds is 6. The van der Waals surface area contributed by atoms with Gasteiger partial charge in [0.2, 0.25) is 15.9 Å². The minimum absolute atomic E-state index is 0.138. The summed E-state index contributed by atoms with van der Waals surface area (Å²) < 4.78 is 31.8. The second-order valence-corrected chi connectivity index (χ2v) is 9.76. The maximum Gasteiger partial charge on any atom is 0.244 e. The van der Waals surface area contributed by atoms with Crippen molar-refractivity contribution in [3.05, 3.63) is 48.2 Å². The molecule has 1 aliphatic heterocycles. The molecule has 1 saturated heterocycles. The number of nitrogens with one attached hydrogen (secondary N) is 1. The van der Waals surface area contributed by atoms with Crippen molar-refractivity contribution in [3.63, 3.8) is 0 Å². The molecule has 0 spiro atoms. The molecule has 2 aromatic rings. The lowest BCUT2D eigenvalue weighted by Gasteiger charge is -2.25.